The fraction of sp³-hybridized carbons (Fsp3) is 0.364. The summed E-state index contributed by atoms with van der Waals surface area (Å²) in [5.41, 5.74) is -1.52. The zero-order valence-electron chi connectivity index (χ0n) is 8.97. The van der Waals surface area contributed by atoms with Gasteiger partial charge in [0.25, 0.3) is 0 Å². The molecule has 98 valence electrons. The molecule has 0 N–H and O–H groups in total. The van der Waals surface area contributed by atoms with Gasteiger partial charge in [0.05, 0.1) is 16.6 Å². The molecule has 1 fully saturated rings. The van der Waals surface area contributed by atoms with E-state index in [-0.39, 0.29) is 18.7 Å². The van der Waals surface area contributed by atoms with Crippen LogP contribution in [0.5, 0.6) is 0 Å². The van der Waals surface area contributed by atoms with E-state index in [0.29, 0.717) is 6.07 Å². The van der Waals surface area contributed by atoms with Crippen LogP contribution in [-0.4, -0.2) is 17.8 Å². The summed E-state index contributed by atoms with van der Waals surface area (Å²) < 4.78 is 51.2. The third kappa shape index (κ3) is 2.43. The van der Waals surface area contributed by atoms with Crippen LogP contribution < -0.4 is 4.90 Å². The third-order valence-electron chi connectivity index (χ3n) is 2.63. The normalized spacial score (nSPS) is 20.6. The Kier molecular flexibility index (Phi) is 3.23. The Bertz CT molecular complexity index is 488. The maximum absolute atomic E-state index is 12.9. The SMILES string of the molecule is O=C1CC(Cl)CN1c1ccc(F)cc1C(F)(F)F. The summed E-state index contributed by atoms with van der Waals surface area (Å²) in [5, 5.41) is -0.524. The van der Waals surface area contributed by atoms with Crippen LogP contribution in [0.2, 0.25) is 0 Å². The minimum atomic E-state index is -4.72. The van der Waals surface area contributed by atoms with Gasteiger partial charge in [0.2, 0.25) is 5.91 Å². The van der Waals surface area contributed by atoms with E-state index < -0.39 is 28.8 Å². The number of hydrogen-bond acceptors (Lipinski definition) is 1. The van der Waals surface area contributed by atoms with Gasteiger partial charge in [-0.2, -0.15) is 13.2 Å². The number of alkyl halides is 4. The fourth-order valence-electron chi connectivity index (χ4n) is 1.87. The molecule has 1 aromatic rings. The third-order valence-corrected chi connectivity index (χ3v) is 2.92. The largest absolute Gasteiger partial charge is 0.418 e. The maximum Gasteiger partial charge on any atom is 0.418 e. The molecule has 2 nitrogen and oxygen atoms in total. The van der Waals surface area contributed by atoms with Gasteiger partial charge in [0.1, 0.15) is 5.82 Å². The van der Waals surface area contributed by atoms with E-state index >= 15 is 0 Å². The first-order chi connectivity index (χ1) is 8.29. The number of nitrogens with zero attached hydrogens (tertiary/aromatic N) is 1. The highest BCUT2D eigenvalue weighted by molar-refractivity contribution is 6.24. The quantitative estimate of drug-likeness (QED) is 0.572. The van der Waals surface area contributed by atoms with E-state index in [2.05, 4.69) is 0 Å². The molecule has 2 rings (SSSR count). The lowest BCUT2D eigenvalue weighted by Crippen LogP contribution is -2.27. The van der Waals surface area contributed by atoms with Crippen molar-refractivity contribution in [1.82, 2.24) is 0 Å². The van der Waals surface area contributed by atoms with Crippen LogP contribution in [-0.2, 0) is 11.0 Å². The van der Waals surface area contributed by atoms with Crippen LogP contribution in [0.1, 0.15) is 12.0 Å². The second-order valence-corrected chi connectivity index (χ2v) is 4.58. The molecule has 1 atom stereocenters. The van der Waals surface area contributed by atoms with Crippen molar-refractivity contribution in [2.45, 2.75) is 18.0 Å². The first kappa shape index (κ1) is 13.1. The number of halogens is 5. The fourth-order valence-corrected chi connectivity index (χ4v) is 2.14. The molecule has 1 aliphatic rings. The molecule has 0 saturated carbocycles. The van der Waals surface area contributed by atoms with Gasteiger partial charge in [-0.15, -0.1) is 11.6 Å². The topological polar surface area (TPSA) is 20.3 Å². The van der Waals surface area contributed by atoms with E-state index in [9.17, 15) is 22.4 Å². The number of rotatable bonds is 1. The summed E-state index contributed by atoms with van der Waals surface area (Å²) in [4.78, 5) is 12.5. The van der Waals surface area contributed by atoms with Crippen molar-refractivity contribution in [1.29, 1.82) is 0 Å². The van der Waals surface area contributed by atoms with Gasteiger partial charge < -0.3 is 4.90 Å². The van der Waals surface area contributed by atoms with Crippen LogP contribution >= 0.6 is 11.6 Å². The zero-order chi connectivity index (χ0) is 13.5. The van der Waals surface area contributed by atoms with Gasteiger partial charge in [-0.05, 0) is 18.2 Å². The van der Waals surface area contributed by atoms with Crippen molar-refractivity contribution < 1.29 is 22.4 Å². The summed E-state index contributed by atoms with van der Waals surface area (Å²) >= 11 is 5.73. The van der Waals surface area contributed by atoms with Crippen LogP contribution in [0.25, 0.3) is 0 Å². The summed E-state index contributed by atoms with van der Waals surface area (Å²) in [6, 6.07) is 2.22. The monoisotopic (exact) mass is 281 g/mol. The molecule has 0 spiro atoms. The highest BCUT2D eigenvalue weighted by Crippen LogP contribution is 2.38. The summed E-state index contributed by atoms with van der Waals surface area (Å²) in [7, 11) is 0. The highest BCUT2D eigenvalue weighted by atomic mass is 35.5. The molecule has 0 aliphatic carbocycles. The van der Waals surface area contributed by atoms with E-state index in [1.807, 2.05) is 0 Å². The summed E-state index contributed by atoms with van der Waals surface area (Å²) in [6.45, 7) is -0.00486. The number of carbonyl (C=O) groups is 1. The predicted molar refractivity (Wildman–Crippen MR) is 58.0 cm³/mol. The minimum Gasteiger partial charge on any atom is -0.310 e. The van der Waals surface area contributed by atoms with E-state index in [0.717, 1.165) is 17.0 Å². The highest BCUT2D eigenvalue weighted by Gasteiger charge is 2.39. The van der Waals surface area contributed by atoms with Crippen molar-refractivity contribution in [3.63, 3.8) is 0 Å². The Labute approximate surface area is 105 Å². The van der Waals surface area contributed by atoms with Crippen molar-refractivity contribution in [2.24, 2.45) is 0 Å². The molecule has 1 heterocycles. The first-order valence-corrected chi connectivity index (χ1v) is 5.54. The van der Waals surface area contributed by atoms with Crippen LogP contribution in [0.15, 0.2) is 18.2 Å². The molecule has 1 aliphatic heterocycles. The maximum atomic E-state index is 12.9. The average Bonchev–Trinajstić information content (AvgIpc) is 2.56. The van der Waals surface area contributed by atoms with Gasteiger partial charge in [0.15, 0.2) is 0 Å². The minimum absolute atomic E-state index is 0.00486. The molecule has 18 heavy (non-hydrogen) atoms. The molecule has 1 saturated heterocycles. The van der Waals surface area contributed by atoms with E-state index in [1.165, 1.54) is 0 Å². The Hall–Kier alpha value is -1.30. The van der Waals surface area contributed by atoms with Gasteiger partial charge in [0, 0.05) is 13.0 Å². The van der Waals surface area contributed by atoms with Crippen molar-refractivity contribution >= 4 is 23.2 Å². The summed E-state index contributed by atoms with van der Waals surface area (Å²) in [6.07, 6.45) is -4.74. The van der Waals surface area contributed by atoms with Gasteiger partial charge in [-0.3, -0.25) is 4.79 Å². The second kappa shape index (κ2) is 4.42. The van der Waals surface area contributed by atoms with Crippen LogP contribution in [0.4, 0.5) is 23.2 Å². The average molecular weight is 282 g/mol. The second-order valence-electron chi connectivity index (χ2n) is 3.96. The molecule has 0 aromatic heterocycles. The molecule has 7 heteroatoms. The standard InChI is InChI=1S/C11H8ClF4NO/c12-6-3-10(18)17(5-6)9-2-1-7(13)4-8(9)11(14,15)16/h1-2,4,6H,3,5H2. The lowest BCUT2D eigenvalue weighted by atomic mass is 10.1. The molecular formula is C11H8ClF4NO. The molecule has 0 bridgehead atoms. The lowest BCUT2D eigenvalue weighted by Gasteiger charge is -2.21. The van der Waals surface area contributed by atoms with Crippen molar-refractivity contribution in [3.8, 4) is 0 Å². The van der Waals surface area contributed by atoms with Gasteiger partial charge >= 0.3 is 6.18 Å². The smallest absolute Gasteiger partial charge is 0.310 e. The van der Waals surface area contributed by atoms with Crippen molar-refractivity contribution in [2.75, 3.05) is 11.4 Å². The Morgan fingerprint density at radius 2 is 2.00 bits per heavy atom. The predicted octanol–water partition coefficient (Wildman–Crippen LogP) is 3.19. The van der Waals surface area contributed by atoms with Crippen LogP contribution in [0, 0.1) is 5.82 Å². The van der Waals surface area contributed by atoms with E-state index in [1.54, 1.807) is 0 Å². The van der Waals surface area contributed by atoms with Crippen LogP contribution in [0.3, 0.4) is 0 Å². The molecule has 1 aromatic carbocycles. The number of carbonyl (C=O) groups excluding carboxylic acids is 1. The Balaban J connectivity index is 2.48. The van der Waals surface area contributed by atoms with Gasteiger partial charge in [-0.1, -0.05) is 0 Å². The number of anilines is 1. The van der Waals surface area contributed by atoms with E-state index in [4.69, 9.17) is 11.6 Å². The molecular weight excluding hydrogens is 274 g/mol. The summed E-state index contributed by atoms with van der Waals surface area (Å²) in [5.74, 6) is -1.49. The number of benzene rings is 1. The molecule has 0 radical (unpaired) electrons. The van der Waals surface area contributed by atoms with Crippen molar-refractivity contribution in [3.05, 3.63) is 29.6 Å². The Morgan fingerprint density at radius 3 is 2.50 bits per heavy atom. The molecule has 1 unspecified atom stereocenters. The first-order valence-electron chi connectivity index (χ1n) is 5.10. The van der Waals surface area contributed by atoms with Gasteiger partial charge in [-0.25, -0.2) is 4.39 Å². The zero-order valence-corrected chi connectivity index (χ0v) is 9.72. The molecule has 1 amide bonds. The number of amides is 1. The number of hydrogen-bond donors (Lipinski definition) is 0. The lowest BCUT2D eigenvalue weighted by molar-refractivity contribution is -0.137. The Morgan fingerprint density at radius 1 is 1.33 bits per heavy atom.